The third-order valence-electron chi connectivity index (χ3n) is 2.06. The predicted octanol–water partition coefficient (Wildman–Crippen LogP) is 1.17. The van der Waals surface area contributed by atoms with Gasteiger partial charge in [0.25, 0.3) is 0 Å². The van der Waals surface area contributed by atoms with Crippen LogP contribution in [0.3, 0.4) is 0 Å². The Morgan fingerprint density at radius 2 is 2.20 bits per heavy atom. The highest BCUT2D eigenvalue weighted by Gasteiger charge is 2.06. The number of ether oxygens (including phenoxy) is 1. The SMILES string of the molecule is COc1cc(N)ccc1-n1cc(C)nn1. The van der Waals surface area contributed by atoms with Crippen LogP contribution >= 0.6 is 0 Å². The van der Waals surface area contributed by atoms with Crippen LogP contribution in [-0.4, -0.2) is 22.1 Å². The molecule has 5 nitrogen and oxygen atoms in total. The van der Waals surface area contributed by atoms with E-state index in [0.717, 1.165) is 11.4 Å². The Morgan fingerprint density at radius 3 is 2.80 bits per heavy atom. The van der Waals surface area contributed by atoms with Crippen LogP contribution in [0.4, 0.5) is 5.69 Å². The molecule has 0 fully saturated rings. The number of methoxy groups -OCH3 is 1. The zero-order valence-corrected chi connectivity index (χ0v) is 8.64. The number of aryl methyl sites for hydroxylation is 1. The molecule has 0 amide bonds. The van der Waals surface area contributed by atoms with E-state index in [-0.39, 0.29) is 0 Å². The molecule has 1 heterocycles. The molecule has 0 saturated carbocycles. The Morgan fingerprint density at radius 1 is 1.40 bits per heavy atom. The highest BCUT2D eigenvalue weighted by Crippen LogP contribution is 2.24. The van der Waals surface area contributed by atoms with Crippen molar-refractivity contribution in [1.82, 2.24) is 15.0 Å². The van der Waals surface area contributed by atoms with Gasteiger partial charge < -0.3 is 10.5 Å². The van der Waals surface area contributed by atoms with Crippen LogP contribution in [0, 0.1) is 6.92 Å². The van der Waals surface area contributed by atoms with Crippen molar-refractivity contribution in [1.29, 1.82) is 0 Å². The smallest absolute Gasteiger partial charge is 0.146 e. The first-order valence-electron chi connectivity index (χ1n) is 4.53. The van der Waals surface area contributed by atoms with E-state index in [0.29, 0.717) is 11.4 Å². The van der Waals surface area contributed by atoms with Crippen LogP contribution in [0.25, 0.3) is 5.69 Å². The number of benzene rings is 1. The molecule has 0 bridgehead atoms. The normalized spacial score (nSPS) is 10.3. The fraction of sp³-hybridized carbons (Fsp3) is 0.200. The number of nitrogens with two attached hydrogens (primary N) is 1. The Bertz CT molecular complexity index is 478. The lowest BCUT2D eigenvalue weighted by molar-refractivity contribution is 0.411. The summed E-state index contributed by atoms with van der Waals surface area (Å²) >= 11 is 0. The van der Waals surface area contributed by atoms with E-state index >= 15 is 0 Å². The summed E-state index contributed by atoms with van der Waals surface area (Å²) < 4.78 is 6.88. The summed E-state index contributed by atoms with van der Waals surface area (Å²) in [4.78, 5) is 0. The van der Waals surface area contributed by atoms with Gasteiger partial charge in [0.05, 0.1) is 19.0 Å². The van der Waals surface area contributed by atoms with Gasteiger partial charge in [0.15, 0.2) is 0 Å². The Balaban J connectivity index is 2.52. The first-order chi connectivity index (χ1) is 7.20. The number of nitrogen functional groups attached to an aromatic ring is 1. The maximum absolute atomic E-state index is 5.66. The number of hydrogen-bond acceptors (Lipinski definition) is 4. The molecule has 0 atom stereocenters. The summed E-state index contributed by atoms with van der Waals surface area (Å²) in [5.41, 5.74) is 8.00. The third-order valence-corrected chi connectivity index (χ3v) is 2.06. The van der Waals surface area contributed by atoms with Gasteiger partial charge in [-0.25, -0.2) is 4.68 Å². The molecule has 1 aromatic heterocycles. The van der Waals surface area contributed by atoms with Gasteiger partial charge in [0, 0.05) is 11.8 Å². The van der Waals surface area contributed by atoms with Crippen molar-refractivity contribution in [2.24, 2.45) is 0 Å². The summed E-state index contributed by atoms with van der Waals surface area (Å²) in [7, 11) is 1.60. The number of aromatic nitrogens is 3. The molecule has 78 valence electrons. The highest BCUT2D eigenvalue weighted by molar-refractivity contribution is 5.55. The molecule has 0 aliphatic carbocycles. The second-order valence-electron chi connectivity index (χ2n) is 3.24. The minimum Gasteiger partial charge on any atom is -0.494 e. The summed E-state index contributed by atoms with van der Waals surface area (Å²) in [5, 5.41) is 7.89. The summed E-state index contributed by atoms with van der Waals surface area (Å²) in [6.07, 6.45) is 1.83. The van der Waals surface area contributed by atoms with Gasteiger partial charge in [0.2, 0.25) is 0 Å². The topological polar surface area (TPSA) is 66.0 Å². The zero-order chi connectivity index (χ0) is 10.8. The van der Waals surface area contributed by atoms with Gasteiger partial charge in [0.1, 0.15) is 11.4 Å². The van der Waals surface area contributed by atoms with Crippen molar-refractivity contribution in [3.8, 4) is 11.4 Å². The van der Waals surface area contributed by atoms with Gasteiger partial charge in [-0.15, -0.1) is 5.10 Å². The molecule has 0 aliphatic rings. The number of anilines is 1. The molecular weight excluding hydrogens is 192 g/mol. The first kappa shape index (κ1) is 9.51. The fourth-order valence-corrected chi connectivity index (χ4v) is 1.35. The zero-order valence-electron chi connectivity index (χ0n) is 8.64. The van der Waals surface area contributed by atoms with E-state index in [1.807, 2.05) is 19.2 Å². The van der Waals surface area contributed by atoms with Crippen LogP contribution in [0.15, 0.2) is 24.4 Å². The summed E-state index contributed by atoms with van der Waals surface area (Å²) in [6.45, 7) is 1.88. The molecule has 1 aromatic carbocycles. The van der Waals surface area contributed by atoms with Crippen molar-refractivity contribution in [2.75, 3.05) is 12.8 Å². The third kappa shape index (κ3) is 1.76. The van der Waals surface area contributed by atoms with E-state index in [1.165, 1.54) is 0 Å². The molecule has 0 radical (unpaired) electrons. The Hall–Kier alpha value is -2.04. The number of rotatable bonds is 2. The quantitative estimate of drug-likeness (QED) is 0.745. The first-order valence-corrected chi connectivity index (χ1v) is 4.53. The van der Waals surface area contributed by atoms with Gasteiger partial charge in [-0.2, -0.15) is 0 Å². The standard InChI is InChI=1S/C10H12N4O/c1-7-6-14(13-12-7)9-4-3-8(11)5-10(9)15-2/h3-6H,11H2,1-2H3. The van der Waals surface area contributed by atoms with Crippen LogP contribution in [-0.2, 0) is 0 Å². The minimum atomic E-state index is 0.660. The van der Waals surface area contributed by atoms with Crippen LogP contribution in [0.5, 0.6) is 5.75 Å². The second kappa shape index (κ2) is 3.61. The van der Waals surface area contributed by atoms with E-state index in [2.05, 4.69) is 10.3 Å². The molecule has 2 aromatic rings. The van der Waals surface area contributed by atoms with Crippen molar-refractivity contribution in [2.45, 2.75) is 6.92 Å². The summed E-state index contributed by atoms with van der Waals surface area (Å²) in [5.74, 6) is 0.680. The van der Waals surface area contributed by atoms with E-state index < -0.39 is 0 Å². The average molecular weight is 204 g/mol. The largest absolute Gasteiger partial charge is 0.494 e. The molecule has 5 heteroatoms. The molecule has 0 spiro atoms. The van der Waals surface area contributed by atoms with Gasteiger partial charge in [-0.05, 0) is 19.1 Å². The van der Waals surface area contributed by atoms with Crippen molar-refractivity contribution in [3.05, 3.63) is 30.1 Å². The molecule has 0 unspecified atom stereocenters. The lowest BCUT2D eigenvalue weighted by Gasteiger charge is -2.07. The minimum absolute atomic E-state index is 0.660. The summed E-state index contributed by atoms with van der Waals surface area (Å²) in [6, 6.07) is 5.41. The average Bonchev–Trinajstić information content (AvgIpc) is 2.64. The van der Waals surface area contributed by atoms with Crippen LogP contribution < -0.4 is 10.5 Å². The maximum Gasteiger partial charge on any atom is 0.146 e. The van der Waals surface area contributed by atoms with Gasteiger partial charge in [-0.3, -0.25) is 0 Å². The van der Waals surface area contributed by atoms with Crippen LogP contribution in [0.2, 0.25) is 0 Å². The second-order valence-corrected chi connectivity index (χ2v) is 3.24. The highest BCUT2D eigenvalue weighted by atomic mass is 16.5. The van der Waals surface area contributed by atoms with E-state index in [9.17, 15) is 0 Å². The predicted molar refractivity (Wildman–Crippen MR) is 57.1 cm³/mol. The lowest BCUT2D eigenvalue weighted by atomic mass is 10.2. The Kier molecular flexibility index (Phi) is 2.29. The monoisotopic (exact) mass is 204 g/mol. The van der Waals surface area contributed by atoms with Crippen molar-refractivity contribution in [3.63, 3.8) is 0 Å². The number of hydrogen-bond donors (Lipinski definition) is 1. The fourth-order valence-electron chi connectivity index (χ4n) is 1.35. The Labute approximate surface area is 87.5 Å². The maximum atomic E-state index is 5.66. The lowest BCUT2D eigenvalue weighted by Crippen LogP contribution is -1.99. The molecule has 2 rings (SSSR count). The van der Waals surface area contributed by atoms with Gasteiger partial charge >= 0.3 is 0 Å². The molecule has 0 saturated heterocycles. The molecular formula is C10H12N4O. The van der Waals surface area contributed by atoms with Crippen molar-refractivity contribution >= 4 is 5.69 Å². The van der Waals surface area contributed by atoms with Gasteiger partial charge in [-0.1, -0.05) is 5.21 Å². The number of nitrogens with zero attached hydrogens (tertiary/aromatic N) is 3. The molecule has 2 N–H and O–H groups in total. The molecule has 15 heavy (non-hydrogen) atoms. The van der Waals surface area contributed by atoms with E-state index in [4.69, 9.17) is 10.5 Å². The molecule has 0 aliphatic heterocycles. The van der Waals surface area contributed by atoms with Crippen molar-refractivity contribution < 1.29 is 4.74 Å². The van der Waals surface area contributed by atoms with Crippen LogP contribution in [0.1, 0.15) is 5.69 Å². The van der Waals surface area contributed by atoms with E-state index in [1.54, 1.807) is 23.9 Å².